The van der Waals surface area contributed by atoms with Gasteiger partial charge in [0.15, 0.2) is 0 Å². The maximum absolute atomic E-state index is 12.3. The Hall–Kier alpha value is -2.51. The van der Waals surface area contributed by atoms with Crippen molar-refractivity contribution in [3.05, 3.63) is 68.9 Å². The lowest BCUT2D eigenvalue weighted by Gasteiger charge is -2.34. The predicted octanol–water partition coefficient (Wildman–Crippen LogP) is 1.43. The Morgan fingerprint density at radius 2 is 2.17 bits per heavy atom. The molecule has 1 amide bonds. The fourth-order valence-corrected chi connectivity index (χ4v) is 3.89. The molecule has 1 N–H and O–H groups in total. The molecule has 0 aromatic carbocycles. The third-order valence-electron chi connectivity index (χ3n) is 4.11. The summed E-state index contributed by atoms with van der Waals surface area (Å²) >= 11 is 1.56. The van der Waals surface area contributed by atoms with Crippen molar-refractivity contribution in [2.45, 2.75) is 12.6 Å². The molecule has 0 radical (unpaired) electrons. The highest BCUT2D eigenvalue weighted by Crippen LogP contribution is 2.28. The number of carbonyl (C=O) groups excluding carboxylic acids is 1. The van der Waals surface area contributed by atoms with Gasteiger partial charge in [0.1, 0.15) is 11.7 Å². The first-order valence-electron chi connectivity index (χ1n) is 7.75. The topological polar surface area (TPSA) is 66.7 Å². The first kappa shape index (κ1) is 15.0. The summed E-state index contributed by atoms with van der Waals surface area (Å²) in [6, 6.07) is 10.6. The zero-order valence-corrected chi connectivity index (χ0v) is 13.7. The number of hydrogen-bond acceptors (Lipinski definition) is 5. The summed E-state index contributed by atoms with van der Waals surface area (Å²) in [5.74, 6) is 0.00112. The Morgan fingerprint density at radius 3 is 3.00 bits per heavy atom. The van der Waals surface area contributed by atoms with Gasteiger partial charge in [-0.05, 0) is 23.6 Å². The van der Waals surface area contributed by atoms with Crippen molar-refractivity contribution in [1.29, 1.82) is 0 Å². The van der Waals surface area contributed by atoms with Crippen LogP contribution in [-0.2, 0) is 11.3 Å². The molecule has 122 valence electrons. The third-order valence-corrected chi connectivity index (χ3v) is 5.04. The van der Waals surface area contributed by atoms with Gasteiger partial charge in [-0.1, -0.05) is 12.1 Å². The van der Waals surface area contributed by atoms with Crippen LogP contribution in [-0.4, -0.2) is 33.3 Å². The van der Waals surface area contributed by atoms with Gasteiger partial charge in [0.25, 0.3) is 5.56 Å². The van der Waals surface area contributed by atoms with E-state index in [-0.39, 0.29) is 17.5 Å². The summed E-state index contributed by atoms with van der Waals surface area (Å²) in [5.41, 5.74) is 1.20. The lowest BCUT2D eigenvalue weighted by Crippen LogP contribution is -2.49. The molecule has 6 nitrogen and oxygen atoms in total. The van der Waals surface area contributed by atoms with E-state index in [1.54, 1.807) is 29.7 Å². The number of hydrogen-bond donors (Lipinski definition) is 1. The number of piperazine rings is 1. The number of nitrogens with zero attached hydrogens (tertiary/aromatic N) is 3. The van der Waals surface area contributed by atoms with Gasteiger partial charge in [0, 0.05) is 36.8 Å². The van der Waals surface area contributed by atoms with Gasteiger partial charge in [-0.3, -0.25) is 18.9 Å². The van der Waals surface area contributed by atoms with Gasteiger partial charge in [-0.15, -0.1) is 11.3 Å². The Bertz CT molecular complexity index is 935. The number of aromatic nitrogens is 2. The molecule has 1 aliphatic rings. The van der Waals surface area contributed by atoms with Crippen molar-refractivity contribution < 1.29 is 4.79 Å². The largest absolute Gasteiger partial charge is 0.353 e. The van der Waals surface area contributed by atoms with E-state index in [1.807, 2.05) is 29.6 Å². The average molecular weight is 340 g/mol. The van der Waals surface area contributed by atoms with Crippen LogP contribution < -0.4 is 10.9 Å². The summed E-state index contributed by atoms with van der Waals surface area (Å²) in [4.78, 5) is 32.2. The molecular formula is C17H16N4O2S. The molecule has 1 unspecified atom stereocenters. The zero-order chi connectivity index (χ0) is 16.5. The molecule has 3 aromatic rings. The summed E-state index contributed by atoms with van der Waals surface area (Å²) < 4.78 is 1.52. The molecule has 1 saturated heterocycles. The number of rotatable bonds is 3. The van der Waals surface area contributed by atoms with Crippen LogP contribution in [0, 0.1) is 0 Å². The molecule has 1 aliphatic heterocycles. The number of fused-ring (bicyclic) bond motifs is 1. The van der Waals surface area contributed by atoms with Gasteiger partial charge < -0.3 is 5.32 Å². The van der Waals surface area contributed by atoms with E-state index >= 15 is 0 Å². The van der Waals surface area contributed by atoms with E-state index in [9.17, 15) is 9.59 Å². The molecule has 4 heterocycles. The highest BCUT2D eigenvalue weighted by molar-refractivity contribution is 7.10. The standard InChI is InChI=1S/C17H16N4O2S/c22-15-10-12(19-14-5-1-2-7-21(14)15)11-20-8-6-18-17(23)16(20)13-4-3-9-24-13/h1-5,7,9-10,16H,6,8,11H2,(H,18,23). The number of amides is 1. The first-order chi connectivity index (χ1) is 11.7. The van der Waals surface area contributed by atoms with Gasteiger partial charge in [0.2, 0.25) is 5.91 Å². The van der Waals surface area contributed by atoms with Gasteiger partial charge in [0.05, 0.1) is 5.69 Å². The second-order valence-electron chi connectivity index (χ2n) is 5.69. The molecule has 1 atom stereocenters. The minimum Gasteiger partial charge on any atom is -0.353 e. The minimum atomic E-state index is -0.324. The van der Waals surface area contributed by atoms with Crippen LogP contribution >= 0.6 is 11.3 Å². The fourth-order valence-electron chi connectivity index (χ4n) is 3.03. The zero-order valence-electron chi connectivity index (χ0n) is 12.9. The number of carbonyl (C=O) groups is 1. The predicted molar refractivity (Wildman–Crippen MR) is 91.9 cm³/mol. The van der Waals surface area contributed by atoms with Crippen molar-refractivity contribution >= 4 is 22.9 Å². The number of nitrogens with one attached hydrogen (secondary N) is 1. The van der Waals surface area contributed by atoms with Crippen LogP contribution in [0.3, 0.4) is 0 Å². The molecule has 3 aromatic heterocycles. The van der Waals surface area contributed by atoms with Crippen LogP contribution in [0.2, 0.25) is 0 Å². The van der Waals surface area contributed by atoms with Crippen molar-refractivity contribution in [3.8, 4) is 0 Å². The molecule has 0 aliphatic carbocycles. The lowest BCUT2D eigenvalue weighted by molar-refractivity contribution is -0.129. The molecule has 1 fully saturated rings. The van der Waals surface area contributed by atoms with E-state index in [1.165, 1.54) is 4.40 Å². The van der Waals surface area contributed by atoms with Crippen molar-refractivity contribution in [3.63, 3.8) is 0 Å². The van der Waals surface area contributed by atoms with E-state index in [4.69, 9.17) is 0 Å². The van der Waals surface area contributed by atoms with Crippen molar-refractivity contribution in [1.82, 2.24) is 19.6 Å². The monoisotopic (exact) mass is 340 g/mol. The first-order valence-corrected chi connectivity index (χ1v) is 8.63. The van der Waals surface area contributed by atoms with E-state index < -0.39 is 0 Å². The lowest BCUT2D eigenvalue weighted by atomic mass is 10.1. The van der Waals surface area contributed by atoms with E-state index in [0.717, 1.165) is 11.4 Å². The Kier molecular flexibility index (Phi) is 3.87. The smallest absolute Gasteiger partial charge is 0.258 e. The van der Waals surface area contributed by atoms with E-state index in [0.29, 0.717) is 24.4 Å². The van der Waals surface area contributed by atoms with Crippen molar-refractivity contribution in [2.75, 3.05) is 13.1 Å². The van der Waals surface area contributed by atoms with Gasteiger partial charge in [-0.25, -0.2) is 4.98 Å². The van der Waals surface area contributed by atoms with E-state index in [2.05, 4.69) is 15.2 Å². The summed E-state index contributed by atoms with van der Waals surface area (Å²) in [7, 11) is 0. The maximum atomic E-state index is 12.3. The van der Waals surface area contributed by atoms with Crippen LogP contribution in [0.5, 0.6) is 0 Å². The second-order valence-corrected chi connectivity index (χ2v) is 6.67. The number of pyridine rings is 1. The van der Waals surface area contributed by atoms with Crippen LogP contribution in [0.15, 0.2) is 52.8 Å². The molecule has 0 bridgehead atoms. The highest BCUT2D eigenvalue weighted by Gasteiger charge is 2.32. The highest BCUT2D eigenvalue weighted by atomic mass is 32.1. The fraction of sp³-hybridized carbons (Fsp3) is 0.235. The minimum absolute atomic E-state index is 0.00112. The van der Waals surface area contributed by atoms with Crippen molar-refractivity contribution in [2.24, 2.45) is 0 Å². The summed E-state index contributed by atoms with van der Waals surface area (Å²) in [6.45, 7) is 1.80. The quantitative estimate of drug-likeness (QED) is 0.783. The number of thiophene rings is 1. The summed E-state index contributed by atoms with van der Waals surface area (Å²) in [6.07, 6.45) is 1.71. The maximum Gasteiger partial charge on any atom is 0.258 e. The molecule has 4 rings (SSSR count). The summed E-state index contributed by atoms with van der Waals surface area (Å²) in [5, 5.41) is 4.89. The SMILES string of the molecule is O=C1NCCN(Cc2cc(=O)n3ccccc3n2)C1c1cccs1. The molecule has 24 heavy (non-hydrogen) atoms. The third kappa shape index (κ3) is 2.72. The van der Waals surface area contributed by atoms with Gasteiger partial charge in [-0.2, -0.15) is 0 Å². The van der Waals surface area contributed by atoms with Gasteiger partial charge >= 0.3 is 0 Å². The van der Waals surface area contributed by atoms with Crippen LogP contribution in [0.1, 0.15) is 16.6 Å². The molecule has 0 saturated carbocycles. The average Bonchev–Trinajstić information content (AvgIpc) is 3.09. The molecule has 7 heteroatoms. The molecular weight excluding hydrogens is 324 g/mol. The van der Waals surface area contributed by atoms with Crippen LogP contribution in [0.25, 0.3) is 5.65 Å². The normalized spacial score (nSPS) is 18.7. The molecule has 0 spiro atoms. The Balaban J connectivity index is 1.68. The second kappa shape index (κ2) is 6.18. The van der Waals surface area contributed by atoms with Crippen LogP contribution in [0.4, 0.5) is 0 Å². The Morgan fingerprint density at radius 1 is 1.25 bits per heavy atom. The Labute approximate surface area is 142 Å².